The number of nitrogens with zero attached hydrogens (tertiary/aromatic N) is 1. The molecule has 1 N–H and O–H groups in total. The number of nitrogens with one attached hydrogen (secondary N) is 1. The molecule has 2 rings (SSSR count). The molecule has 2 amide bonds. The van der Waals surface area contributed by atoms with E-state index in [4.69, 9.17) is 9.47 Å². The Balaban J connectivity index is 2.04. The molecular weight excluding hydrogens is 444 g/mol. The third-order valence-electron chi connectivity index (χ3n) is 5.51. The first kappa shape index (κ1) is 28.4. The molecule has 1 fully saturated rings. The standard InChI is InChI=1S/C28H42N2O5/c1-20(11-16-24(31)34-27(2,3)4)22-14-12-21(13-15-22)19-23(29-26(33)35-28(5,6)7)25(32)30-17-9-8-10-18-30/h12-15,23H,1,8-11,16-19H2,2-7H3,(H,29,33)/t23-/m0/s1. The predicted molar refractivity (Wildman–Crippen MR) is 138 cm³/mol. The number of piperidine rings is 1. The number of carbonyl (C=O) groups is 3. The quantitative estimate of drug-likeness (QED) is 0.506. The van der Waals surface area contributed by atoms with Crippen LogP contribution < -0.4 is 5.32 Å². The Morgan fingerprint density at radius 1 is 0.914 bits per heavy atom. The fourth-order valence-corrected chi connectivity index (χ4v) is 3.89. The number of ether oxygens (including phenoxy) is 2. The van der Waals surface area contributed by atoms with Gasteiger partial charge in [0.2, 0.25) is 5.91 Å². The van der Waals surface area contributed by atoms with Gasteiger partial charge in [-0.25, -0.2) is 4.79 Å². The Bertz CT molecular complexity index is 887. The average molecular weight is 487 g/mol. The highest BCUT2D eigenvalue weighted by Crippen LogP contribution is 2.21. The normalized spacial score (nSPS) is 15.2. The lowest BCUT2D eigenvalue weighted by Gasteiger charge is -2.31. The number of rotatable bonds is 8. The second kappa shape index (κ2) is 12.2. The summed E-state index contributed by atoms with van der Waals surface area (Å²) < 4.78 is 10.8. The van der Waals surface area contributed by atoms with Crippen molar-refractivity contribution in [2.24, 2.45) is 0 Å². The van der Waals surface area contributed by atoms with Gasteiger partial charge in [-0.3, -0.25) is 9.59 Å². The van der Waals surface area contributed by atoms with Crippen molar-refractivity contribution in [1.82, 2.24) is 10.2 Å². The topological polar surface area (TPSA) is 84.9 Å². The van der Waals surface area contributed by atoms with Gasteiger partial charge in [0.05, 0.1) is 0 Å². The summed E-state index contributed by atoms with van der Waals surface area (Å²) in [5.41, 5.74) is 1.53. The lowest BCUT2D eigenvalue weighted by atomic mass is 9.98. The number of benzene rings is 1. The number of allylic oxidation sites excluding steroid dienone is 1. The first-order valence-electron chi connectivity index (χ1n) is 12.5. The number of likely N-dealkylation sites (tertiary alicyclic amines) is 1. The summed E-state index contributed by atoms with van der Waals surface area (Å²) in [6, 6.07) is 7.03. The molecule has 0 saturated carbocycles. The third kappa shape index (κ3) is 10.5. The molecule has 7 heteroatoms. The molecule has 194 valence electrons. The molecule has 1 aromatic rings. The molecule has 0 radical (unpaired) electrons. The molecular formula is C28H42N2O5. The van der Waals surface area contributed by atoms with Crippen molar-refractivity contribution < 1.29 is 23.9 Å². The number of carbonyl (C=O) groups excluding carboxylic acids is 3. The molecule has 0 aliphatic carbocycles. The van der Waals surface area contributed by atoms with Crippen LogP contribution in [0.1, 0.15) is 84.8 Å². The zero-order chi connectivity index (χ0) is 26.2. The second-order valence-electron chi connectivity index (χ2n) is 11.2. The minimum Gasteiger partial charge on any atom is -0.460 e. The summed E-state index contributed by atoms with van der Waals surface area (Å²) in [7, 11) is 0. The van der Waals surface area contributed by atoms with Crippen LogP contribution >= 0.6 is 0 Å². The Morgan fingerprint density at radius 2 is 1.49 bits per heavy atom. The predicted octanol–water partition coefficient (Wildman–Crippen LogP) is 5.27. The van der Waals surface area contributed by atoms with Crippen LogP contribution in [-0.2, 0) is 25.5 Å². The van der Waals surface area contributed by atoms with Gasteiger partial charge < -0.3 is 19.7 Å². The summed E-state index contributed by atoms with van der Waals surface area (Å²) in [6.07, 6.45) is 3.61. The van der Waals surface area contributed by atoms with Crippen LogP contribution in [0.15, 0.2) is 30.8 Å². The maximum absolute atomic E-state index is 13.2. The van der Waals surface area contributed by atoms with E-state index in [-0.39, 0.29) is 18.3 Å². The number of amides is 2. The number of esters is 1. The molecule has 0 unspecified atom stereocenters. The van der Waals surface area contributed by atoms with E-state index in [1.54, 1.807) is 20.8 Å². The van der Waals surface area contributed by atoms with Gasteiger partial charge in [0, 0.05) is 25.9 Å². The van der Waals surface area contributed by atoms with E-state index in [0.29, 0.717) is 25.9 Å². The van der Waals surface area contributed by atoms with Gasteiger partial charge in [0.15, 0.2) is 0 Å². The van der Waals surface area contributed by atoms with Crippen molar-refractivity contribution in [2.75, 3.05) is 13.1 Å². The first-order valence-corrected chi connectivity index (χ1v) is 12.5. The van der Waals surface area contributed by atoms with Crippen molar-refractivity contribution in [1.29, 1.82) is 0 Å². The van der Waals surface area contributed by atoms with E-state index < -0.39 is 23.3 Å². The van der Waals surface area contributed by atoms with Crippen molar-refractivity contribution in [2.45, 2.75) is 97.3 Å². The third-order valence-corrected chi connectivity index (χ3v) is 5.51. The van der Waals surface area contributed by atoms with Crippen LogP contribution in [0, 0.1) is 0 Å². The zero-order valence-electron chi connectivity index (χ0n) is 22.2. The average Bonchev–Trinajstić information content (AvgIpc) is 2.75. The Kier molecular flexibility index (Phi) is 9.92. The van der Waals surface area contributed by atoms with Crippen molar-refractivity contribution in [3.63, 3.8) is 0 Å². The van der Waals surface area contributed by atoms with E-state index in [1.165, 1.54) is 0 Å². The number of alkyl carbamates (subject to hydrolysis) is 1. The molecule has 7 nitrogen and oxygen atoms in total. The van der Waals surface area contributed by atoms with Gasteiger partial charge in [-0.2, -0.15) is 0 Å². The molecule has 1 atom stereocenters. The Hall–Kier alpha value is -2.83. The summed E-state index contributed by atoms with van der Waals surface area (Å²) in [6.45, 7) is 16.4. The van der Waals surface area contributed by atoms with Crippen LogP contribution in [0.3, 0.4) is 0 Å². The lowest BCUT2D eigenvalue weighted by molar-refractivity contribution is -0.154. The largest absolute Gasteiger partial charge is 0.460 e. The molecule has 35 heavy (non-hydrogen) atoms. The van der Waals surface area contributed by atoms with Gasteiger partial charge >= 0.3 is 12.1 Å². The molecule has 0 aromatic heterocycles. The summed E-state index contributed by atoms with van der Waals surface area (Å²) in [5, 5.41) is 2.79. The van der Waals surface area contributed by atoms with E-state index in [9.17, 15) is 14.4 Å². The van der Waals surface area contributed by atoms with E-state index in [2.05, 4.69) is 11.9 Å². The summed E-state index contributed by atoms with van der Waals surface area (Å²) >= 11 is 0. The van der Waals surface area contributed by atoms with Crippen LogP contribution in [0.2, 0.25) is 0 Å². The molecule has 1 aliphatic rings. The molecule has 1 saturated heterocycles. The zero-order valence-corrected chi connectivity index (χ0v) is 22.2. The van der Waals surface area contributed by atoms with E-state index in [0.717, 1.165) is 36.0 Å². The number of hydrogen-bond acceptors (Lipinski definition) is 5. The second-order valence-corrected chi connectivity index (χ2v) is 11.2. The van der Waals surface area contributed by atoms with E-state index >= 15 is 0 Å². The van der Waals surface area contributed by atoms with Gasteiger partial charge in [-0.15, -0.1) is 0 Å². The first-order chi connectivity index (χ1) is 16.2. The van der Waals surface area contributed by atoms with E-state index in [1.807, 2.05) is 49.9 Å². The van der Waals surface area contributed by atoms with Crippen LogP contribution in [-0.4, -0.2) is 53.2 Å². The minimum absolute atomic E-state index is 0.0820. The summed E-state index contributed by atoms with van der Waals surface area (Å²) in [5.74, 6) is -0.330. The van der Waals surface area contributed by atoms with Gasteiger partial charge in [-0.1, -0.05) is 30.8 Å². The molecule has 1 aromatic carbocycles. The van der Waals surface area contributed by atoms with Crippen molar-refractivity contribution in [3.8, 4) is 0 Å². The van der Waals surface area contributed by atoms with Crippen LogP contribution in [0.5, 0.6) is 0 Å². The Labute approximate surface area is 210 Å². The Morgan fingerprint density at radius 3 is 2.03 bits per heavy atom. The summed E-state index contributed by atoms with van der Waals surface area (Å²) in [4.78, 5) is 39.5. The van der Waals surface area contributed by atoms with Crippen molar-refractivity contribution in [3.05, 3.63) is 42.0 Å². The monoisotopic (exact) mass is 486 g/mol. The molecule has 0 bridgehead atoms. The van der Waals surface area contributed by atoms with Crippen LogP contribution in [0.4, 0.5) is 4.79 Å². The minimum atomic E-state index is -0.704. The maximum Gasteiger partial charge on any atom is 0.408 e. The maximum atomic E-state index is 13.2. The molecule has 1 heterocycles. The van der Waals surface area contributed by atoms with Crippen LogP contribution in [0.25, 0.3) is 5.57 Å². The molecule has 1 aliphatic heterocycles. The number of hydrogen-bond donors (Lipinski definition) is 1. The fraction of sp³-hybridized carbons (Fsp3) is 0.607. The molecule has 0 spiro atoms. The highest BCUT2D eigenvalue weighted by Gasteiger charge is 2.29. The fourth-order valence-electron chi connectivity index (χ4n) is 3.89. The smallest absolute Gasteiger partial charge is 0.408 e. The SMILES string of the molecule is C=C(CCC(=O)OC(C)(C)C)c1ccc(C[C@H](NC(=O)OC(C)(C)C)C(=O)N2CCCCC2)cc1. The highest BCUT2D eigenvalue weighted by molar-refractivity contribution is 5.86. The van der Waals surface area contributed by atoms with Gasteiger partial charge in [0.25, 0.3) is 0 Å². The van der Waals surface area contributed by atoms with Gasteiger partial charge in [0.1, 0.15) is 17.2 Å². The van der Waals surface area contributed by atoms with Gasteiger partial charge in [-0.05, 0) is 83.9 Å². The van der Waals surface area contributed by atoms with Crippen molar-refractivity contribution >= 4 is 23.5 Å². The highest BCUT2D eigenvalue weighted by atomic mass is 16.6. The lowest BCUT2D eigenvalue weighted by Crippen LogP contribution is -2.51.